The molecule has 0 saturated carbocycles. The fourth-order valence-corrected chi connectivity index (χ4v) is 2.78. The fraction of sp³-hybridized carbons (Fsp3) is 0.412. The van der Waals surface area contributed by atoms with Gasteiger partial charge in [0, 0.05) is 55.0 Å². The van der Waals surface area contributed by atoms with E-state index in [1.54, 1.807) is 6.07 Å². The zero-order valence-corrected chi connectivity index (χ0v) is 13.3. The Bertz CT molecular complexity index is 731. The van der Waals surface area contributed by atoms with E-state index in [4.69, 9.17) is 0 Å². The van der Waals surface area contributed by atoms with Crippen LogP contribution in [0.15, 0.2) is 18.3 Å². The molecule has 1 aromatic carbocycles. The van der Waals surface area contributed by atoms with E-state index in [9.17, 15) is 15.3 Å². The lowest BCUT2D eigenvalue weighted by Crippen LogP contribution is -2.31. The van der Waals surface area contributed by atoms with Crippen LogP contribution < -0.4 is 0 Å². The molecule has 0 saturated heterocycles. The van der Waals surface area contributed by atoms with Gasteiger partial charge in [-0.1, -0.05) is 19.9 Å². The number of nitrogens with zero attached hydrogens (tertiary/aromatic N) is 3. The number of phenolic OH excluding ortho intramolecular Hbond substituents is 3. The van der Waals surface area contributed by atoms with E-state index in [0.29, 0.717) is 24.6 Å². The van der Waals surface area contributed by atoms with Crippen molar-refractivity contribution in [1.29, 1.82) is 0 Å². The van der Waals surface area contributed by atoms with E-state index in [1.807, 2.05) is 6.20 Å². The van der Waals surface area contributed by atoms with Gasteiger partial charge in [0.2, 0.25) is 5.75 Å². The Morgan fingerprint density at radius 2 is 1.96 bits per heavy atom. The van der Waals surface area contributed by atoms with Gasteiger partial charge >= 0.3 is 0 Å². The zero-order chi connectivity index (χ0) is 16.6. The third kappa shape index (κ3) is 3.07. The Labute approximate surface area is 135 Å². The number of aromatic nitrogens is 2. The van der Waals surface area contributed by atoms with Crippen molar-refractivity contribution in [1.82, 2.24) is 14.9 Å². The number of hydrogen-bond donors (Lipinski definition) is 3. The van der Waals surface area contributed by atoms with Gasteiger partial charge in [-0.3, -0.25) is 4.90 Å². The maximum absolute atomic E-state index is 9.94. The highest BCUT2D eigenvalue weighted by Crippen LogP contribution is 2.37. The van der Waals surface area contributed by atoms with Crippen LogP contribution in [0.2, 0.25) is 0 Å². The first-order chi connectivity index (χ1) is 11.0. The van der Waals surface area contributed by atoms with Crippen molar-refractivity contribution >= 4 is 0 Å². The van der Waals surface area contributed by atoms with Gasteiger partial charge in [0.05, 0.1) is 0 Å². The van der Waals surface area contributed by atoms with Crippen molar-refractivity contribution in [3.8, 4) is 17.2 Å². The molecule has 2 heterocycles. The number of hydrogen-bond acceptors (Lipinski definition) is 6. The summed E-state index contributed by atoms with van der Waals surface area (Å²) in [4.78, 5) is 11.2. The van der Waals surface area contributed by atoms with E-state index in [2.05, 4.69) is 28.7 Å². The first-order valence-corrected chi connectivity index (χ1v) is 7.75. The molecule has 0 atom stereocenters. The van der Waals surface area contributed by atoms with Crippen LogP contribution in [0.3, 0.4) is 0 Å². The van der Waals surface area contributed by atoms with Crippen molar-refractivity contribution in [2.75, 3.05) is 6.54 Å². The molecular formula is C17H21N3O3. The van der Waals surface area contributed by atoms with Gasteiger partial charge in [0.25, 0.3) is 0 Å². The molecule has 0 spiro atoms. The maximum atomic E-state index is 9.94. The largest absolute Gasteiger partial charge is 0.504 e. The minimum Gasteiger partial charge on any atom is -0.504 e. The molecule has 6 nitrogen and oxygen atoms in total. The Morgan fingerprint density at radius 3 is 2.70 bits per heavy atom. The molecule has 0 amide bonds. The quantitative estimate of drug-likeness (QED) is 0.753. The highest BCUT2D eigenvalue weighted by atomic mass is 16.3. The standard InChI is InChI=1S/C17H21N3O3/c1-10(2)17-18-7-12-9-20(6-5-13(12)19-17)8-11-3-4-14(21)16(23)15(11)22/h3-4,7,10,21-23H,5-6,8-9H2,1-2H3. The monoisotopic (exact) mass is 315 g/mol. The van der Waals surface area contributed by atoms with E-state index in [1.165, 1.54) is 6.07 Å². The van der Waals surface area contributed by atoms with Gasteiger partial charge in [-0.25, -0.2) is 9.97 Å². The van der Waals surface area contributed by atoms with Gasteiger partial charge in [-0.15, -0.1) is 0 Å². The summed E-state index contributed by atoms with van der Waals surface area (Å²) in [5.74, 6) is 0.144. The third-order valence-electron chi connectivity index (χ3n) is 4.16. The molecular weight excluding hydrogens is 294 g/mol. The predicted molar refractivity (Wildman–Crippen MR) is 85.4 cm³/mol. The summed E-state index contributed by atoms with van der Waals surface area (Å²) < 4.78 is 0. The van der Waals surface area contributed by atoms with Crippen molar-refractivity contribution in [3.05, 3.63) is 41.0 Å². The minimum absolute atomic E-state index is 0.262. The molecule has 1 aliphatic rings. The molecule has 1 aliphatic heterocycles. The number of rotatable bonds is 3. The summed E-state index contributed by atoms with van der Waals surface area (Å²) in [7, 11) is 0. The van der Waals surface area contributed by atoms with Crippen molar-refractivity contribution < 1.29 is 15.3 Å². The summed E-state index contributed by atoms with van der Waals surface area (Å²) in [5, 5.41) is 28.9. The molecule has 1 aromatic heterocycles. The van der Waals surface area contributed by atoms with Crippen LogP contribution in [0.1, 0.15) is 42.4 Å². The average Bonchev–Trinajstić information content (AvgIpc) is 2.55. The second-order valence-corrected chi connectivity index (χ2v) is 6.26. The molecule has 2 aromatic rings. The van der Waals surface area contributed by atoms with Crippen molar-refractivity contribution in [3.63, 3.8) is 0 Å². The van der Waals surface area contributed by atoms with Crippen LogP contribution in [0, 0.1) is 0 Å². The summed E-state index contributed by atoms with van der Waals surface area (Å²) in [6.45, 7) is 6.18. The smallest absolute Gasteiger partial charge is 0.200 e. The Balaban J connectivity index is 1.77. The first-order valence-electron chi connectivity index (χ1n) is 7.75. The van der Waals surface area contributed by atoms with Gasteiger partial charge in [-0.05, 0) is 6.07 Å². The Hall–Kier alpha value is -2.34. The molecule has 3 rings (SSSR count). The van der Waals surface area contributed by atoms with Crippen LogP contribution in [0.25, 0.3) is 0 Å². The lowest BCUT2D eigenvalue weighted by Gasteiger charge is -2.28. The van der Waals surface area contributed by atoms with E-state index in [0.717, 1.165) is 30.0 Å². The number of aromatic hydroxyl groups is 3. The second kappa shape index (κ2) is 6.04. The Morgan fingerprint density at radius 1 is 1.17 bits per heavy atom. The van der Waals surface area contributed by atoms with Gasteiger partial charge in [0.1, 0.15) is 5.82 Å². The highest BCUT2D eigenvalue weighted by Gasteiger charge is 2.21. The number of benzene rings is 1. The average molecular weight is 315 g/mol. The van der Waals surface area contributed by atoms with Crippen LogP contribution in [-0.2, 0) is 19.5 Å². The lowest BCUT2D eigenvalue weighted by molar-refractivity contribution is 0.238. The fourth-order valence-electron chi connectivity index (χ4n) is 2.78. The van der Waals surface area contributed by atoms with Crippen LogP contribution in [0.4, 0.5) is 0 Å². The summed E-state index contributed by atoms with van der Waals surface area (Å²) in [5.41, 5.74) is 2.78. The molecule has 0 aliphatic carbocycles. The molecule has 0 unspecified atom stereocenters. The molecule has 0 bridgehead atoms. The minimum atomic E-state index is -0.468. The zero-order valence-electron chi connectivity index (χ0n) is 13.3. The lowest BCUT2D eigenvalue weighted by atomic mass is 10.0. The number of phenols is 3. The van der Waals surface area contributed by atoms with E-state index >= 15 is 0 Å². The highest BCUT2D eigenvalue weighted by molar-refractivity contribution is 5.53. The van der Waals surface area contributed by atoms with Gasteiger partial charge in [-0.2, -0.15) is 0 Å². The van der Waals surface area contributed by atoms with Crippen molar-refractivity contribution in [2.24, 2.45) is 0 Å². The SMILES string of the molecule is CC(C)c1ncc2c(n1)CCN(Cc1ccc(O)c(O)c1O)C2. The number of fused-ring (bicyclic) bond motifs is 1. The van der Waals surface area contributed by atoms with Crippen molar-refractivity contribution in [2.45, 2.75) is 39.3 Å². The molecule has 6 heteroatoms. The molecule has 3 N–H and O–H groups in total. The van der Waals surface area contributed by atoms with Gasteiger partial charge in [0.15, 0.2) is 11.5 Å². The maximum Gasteiger partial charge on any atom is 0.200 e. The van der Waals surface area contributed by atoms with Crippen LogP contribution in [-0.4, -0.2) is 36.7 Å². The molecule has 122 valence electrons. The summed E-state index contributed by atoms with van der Waals surface area (Å²) >= 11 is 0. The van der Waals surface area contributed by atoms with Crippen LogP contribution in [0.5, 0.6) is 17.2 Å². The second-order valence-electron chi connectivity index (χ2n) is 6.26. The van der Waals surface area contributed by atoms with E-state index < -0.39 is 5.75 Å². The molecule has 0 radical (unpaired) electrons. The Kier molecular flexibility index (Phi) is 4.09. The van der Waals surface area contributed by atoms with Crippen LogP contribution >= 0.6 is 0 Å². The molecule has 0 fully saturated rings. The summed E-state index contributed by atoms with van der Waals surface area (Å²) in [6, 6.07) is 3.01. The third-order valence-corrected chi connectivity index (χ3v) is 4.16. The topological polar surface area (TPSA) is 89.7 Å². The van der Waals surface area contributed by atoms with Gasteiger partial charge < -0.3 is 15.3 Å². The normalized spacial score (nSPS) is 14.9. The summed E-state index contributed by atoms with van der Waals surface area (Å²) in [6.07, 6.45) is 2.72. The van der Waals surface area contributed by atoms with E-state index in [-0.39, 0.29) is 11.5 Å². The first kappa shape index (κ1) is 15.6. The predicted octanol–water partition coefficient (Wildman–Crippen LogP) is 2.28. The molecule has 23 heavy (non-hydrogen) atoms.